The first-order valence-corrected chi connectivity index (χ1v) is 7.73. The molecule has 2 aromatic rings. The molecule has 2 aromatic heterocycles. The number of morpholine rings is 1. The van der Waals surface area contributed by atoms with E-state index >= 15 is 0 Å². The van der Waals surface area contributed by atoms with E-state index in [2.05, 4.69) is 10.2 Å². The maximum atomic E-state index is 12.5. The number of amides is 1. The van der Waals surface area contributed by atoms with Crippen molar-refractivity contribution in [3.63, 3.8) is 0 Å². The standard InChI is InChI=1S/C14H15N3O4S/c18-13(19)6-9-8-17(3-4-21-9)14(20)11-7-10(15-16-11)12-2-1-5-22-12/h1-2,5,7,9H,3-4,6,8H2,(H,15,16)(H,18,19). The molecule has 0 spiro atoms. The van der Waals surface area contributed by atoms with E-state index in [1.54, 1.807) is 22.3 Å². The second-order valence-electron chi connectivity index (χ2n) is 4.99. The van der Waals surface area contributed by atoms with Crippen molar-refractivity contribution < 1.29 is 19.4 Å². The Morgan fingerprint density at radius 1 is 1.55 bits per heavy atom. The van der Waals surface area contributed by atoms with Crippen molar-refractivity contribution in [2.75, 3.05) is 19.7 Å². The molecule has 1 aliphatic heterocycles. The number of ether oxygens (including phenoxy) is 1. The second kappa shape index (κ2) is 6.29. The van der Waals surface area contributed by atoms with Gasteiger partial charge in [0.05, 0.1) is 29.7 Å². The summed E-state index contributed by atoms with van der Waals surface area (Å²) < 4.78 is 5.37. The molecule has 0 bridgehead atoms. The van der Waals surface area contributed by atoms with Crippen LogP contribution in [-0.2, 0) is 9.53 Å². The smallest absolute Gasteiger partial charge is 0.306 e. The monoisotopic (exact) mass is 321 g/mol. The number of aromatic amines is 1. The van der Waals surface area contributed by atoms with Crippen molar-refractivity contribution in [3.05, 3.63) is 29.3 Å². The van der Waals surface area contributed by atoms with Gasteiger partial charge in [0, 0.05) is 13.1 Å². The van der Waals surface area contributed by atoms with Crippen molar-refractivity contribution in [2.45, 2.75) is 12.5 Å². The number of thiophene rings is 1. The molecule has 116 valence electrons. The molecule has 2 N–H and O–H groups in total. The number of aliphatic carboxylic acids is 1. The van der Waals surface area contributed by atoms with Gasteiger partial charge in [-0.05, 0) is 17.5 Å². The lowest BCUT2D eigenvalue weighted by Crippen LogP contribution is -2.46. The quantitative estimate of drug-likeness (QED) is 0.889. The highest BCUT2D eigenvalue weighted by Crippen LogP contribution is 2.23. The lowest BCUT2D eigenvalue weighted by molar-refractivity contribution is -0.141. The van der Waals surface area contributed by atoms with Crippen LogP contribution in [0, 0.1) is 0 Å². The third-order valence-corrected chi connectivity index (χ3v) is 4.32. The lowest BCUT2D eigenvalue weighted by Gasteiger charge is -2.31. The topological polar surface area (TPSA) is 95.5 Å². The molecule has 22 heavy (non-hydrogen) atoms. The molecule has 1 fully saturated rings. The zero-order valence-corrected chi connectivity index (χ0v) is 12.5. The van der Waals surface area contributed by atoms with Gasteiger partial charge in [0.2, 0.25) is 0 Å². The summed E-state index contributed by atoms with van der Waals surface area (Å²) in [6, 6.07) is 5.60. The summed E-state index contributed by atoms with van der Waals surface area (Å²) in [6.45, 7) is 1.05. The number of hydrogen-bond acceptors (Lipinski definition) is 5. The molecule has 0 aromatic carbocycles. The SMILES string of the molecule is O=C(O)CC1CN(C(=O)c2cc(-c3cccs3)[nH]n2)CCO1. The average molecular weight is 321 g/mol. The van der Waals surface area contributed by atoms with Gasteiger partial charge < -0.3 is 14.7 Å². The highest BCUT2D eigenvalue weighted by molar-refractivity contribution is 7.13. The van der Waals surface area contributed by atoms with Gasteiger partial charge in [-0.1, -0.05) is 6.07 Å². The maximum Gasteiger partial charge on any atom is 0.306 e. The van der Waals surface area contributed by atoms with Crippen LogP contribution in [0.4, 0.5) is 0 Å². The summed E-state index contributed by atoms with van der Waals surface area (Å²) in [5.41, 5.74) is 1.13. The predicted octanol–water partition coefficient (Wildman–Crippen LogP) is 1.45. The van der Waals surface area contributed by atoms with Crippen molar-refractivity contribution in [2.24, 2.45) is 0 Å². The Bertz CT molecular complexity index is 667. The van der Waals surface area contributed by atoms with Crippen LogP contribution in [0.5, 0.6) is 0 Å². The summed E-state index contributed by atoms with van der Waals surface area (Å²) in [7, 11) is 0. The largest absolute Gasteiger partial charge is 0.481 e. The van der Waals surface area contributed by atoms with Crippen molar-refractivity contribution in [1.29, 1.82) is 0 Å². The predicted molar refractivity (Wildman–Crippen MR) is 79.8 cm³/mol. The zero-order chi connectivity index (χ0) is 15.5. The Hall–Kier alpha value is -2.19. The second-order valence-corrected chi connectivity index (χ2v) is 5.93. The van der Waals surface area contributed by atoms with E-state index in [1.807, 2.05) is 17.5 Å². The van der Waals surface area contributed by atoms with E-state index in [-0.39, 0.29) is 18.9 Å². The highest BCUT2D eigenvalue weighted by atomic mass is 32.1. The summed E-state index contributed by atoms with van der Waals surface area (Å²) in [6.07, 6.45) is -0.573. The van der Waals surface area contributed by atoms with Gasteiger partial charge in [0.25, 0.3) is 5.91 Å². The van der Waals surface area contributed by atoms with E-state index in [9.17, 15) is 9.59 Å². The van der Waals surface area contributed by atoms with Gasteiger partial charge >= 0.3 is 5.97 Å². The number of H-pyrrole nitrogens is 1. The summed E-state index contributed by atoms with van der Waals surface area (Å²) >= 11 is 1.56. The molecule has 1 amide bonds. The number of rotatable bonds is 4. The van der Waals surface area contributed by atoms with Crippen LogP contribution >= 0.6 is 11.3 Å². The summed E-state index contributed by atoms with van der Waals surface area (Å²) in [5, 5.41) is 17.7. The molecule has 3 heterocycles. The first kappa shape index (κ1) is 14.7. The average Bonchev–Trinajstić information content (AvgIpc) is 3.17. The Labute approximate surface area is 130 Å². The third kappa shape index (κ3) is 3.18. The van der Waals surface area contributed by atoms with E-state index in [0.29, 0.717) is 18.8 Å². The van der Waals surface area contributed by atoms with Crippen LogP contribution in [0.25, 0.3) is 10.6 Å². The van der Waals surface area contributed by atoms with Gasteiger partial charge in [-0.2, -0.15) is 5.10 Å². The van der Waals surface area contributed by atoms with Gasteiger partial charge in [-0.15, -0.1) is 11.3 Å². The number of carbonyl (C=O) groups excluding carboxylic acids is 1. The van der Waals surface area contributed by atoms with Gasteiger partial charge in [-0.3, -0.25) is 14.7 Å². The lowest BCUT2D eigenvalue weighted by atomic mass is 10.2. The van der Waals surface area contributed by atoms with Crippen molar-refractivity contribution in [1.82, 2.24) is 15.1 Å². The van der Waals surface area contributed by atoms with Crippen LogP contribution in [0.1, 0.15) is 16.9 Å². The van der Waals surface area contributed by atoms with E-state index in [1.165, 1.54) is 0 Å². The number of carboxylic acid groups (broad SMARTS) is 1. The Morgan fingerprint density at radius 2 is 2.41 bits per heavy atom. The molecule has 0 saturated carbocycles. The first-order valence-electron chi connectivity index (χ1n) is 6.85. The molecule has 1 unspecified atom stereocenters. The van der Waals surface area contributed by atoms with Crippen LogP contribution in [0.3, 0.4) is 0 Å². The third-order valence-electron chi connectivity index (χ3n) is 3.41. The van der Waals surface area contributed by atoms with Gasteiger partial charge in [0.1, 0.15) is 0 Å². The Kier molecular flexibility index (Phi) is 4.21. The molecular formula is C14H15N3O4S. The highest BCUT2D eigenvalue weighted by Gasteiger charge is 2.27. The maximum absolute atomic E-state index is 12.5. The Morgan fingerprint density at radius 3 is 3.14 bits per heavy atom. The Balaban J connectivity index is 1.69. The number of hydrogen-bond donors (Lipinski definition) is 2. The molecule has 1 aliphatic rings. The van der Waals surface area contributed by atoms with E-state index < -0.39 is 12.1 Å². The number of nitrogens with one attached hydrogen (secondary N) is 1. The molecule has 0 radical (unpaired) electrons. The number of aromatic nitrogens is 2. The van der Waals surface area contributed by atoms with Gasteiger partial charge in [-0.25, -0.2) is 0 Å². The number of carboxylic acids is 1. The molecule has 1 saturated heterocycles. The normalized spacial score (nSPS) is 18.4. The van der Waals surface area contributed by atoms with Crippen LogP contribution in [0.15, 0.2) is 23.6 Å². The zero-order valence-electron chi connectivity index (χ0n) is 11.7. The van der Waals surface area contributed by atoms with Crippen LogP contribution in [0.2, 0.25) is 0 Å². The van der Waals surface area contributed by atoms with Crippen LogP contribution < -0.4 is 0 Å². The molecule has 1 atom stereocenters. The van der Waals surface area contributed by atoms with Crippen molar-refractivity contribution >= 4 is 23.2 Å². The number of carbonyl (C=O) groups is 2. The fourth-order valence-corrected chi connectivity index (χ4v) is 3.07. The van der Waals surface area contributed by atoms with Gasteiger partial charge in [0.15, 0.2) is 5.69 Å². The molecule has 8 heteroatoms. The summed E-state index contributed by atoms with van der Waals surface area (Å²) in [4.78, 5) is 25.8. The van der Waals surface area contributed by atoms with Crippen LogP contribution in [-0.4, -0.2) is 57.9 Å². The minimum Gasteiger partial charge on any atom is -0.481 e. The van der Waals surface area contributed by atoms with E-state index in [0.717, 1.165) is 10.6 Å². The molecule has 3 rings (SSSR count). The molecule has 7 nitrogen and oxygen atoms in total. The van der Waals surface area contributed by atoms with Crippen molar-refractivity contribution in [3.8, 4) is 10.6 Å². The fraction of sp³-hybridized carbons (Fsp3) is 0.357. The first-order chi connectivity index (χ1) is 10.6. The minimum absolute atomic E-state index is 0.106. The minimum atomic E-state index is -0.931. The summed E-state index contributed by atoms with van der Waals surface area (Å²) in [5.74, 6) is -1.14. The fourth-order valence-electron chi connectivity index (χ4n) is 2.37. The number of nitrogens with zero attached hydrogens (tertiary/aromatic N) is 2. The molecular weight excluding hydrogens is 306 g/mol. The van der Waals surface area contributed by atoms with E-state index in [4.69, 9.17) is 9.84 Å². The molecule has 0 aliphatic carbocycles.